The van der Waals surface area contributed by atoms with Crippen molar-refractivity contribution < 1.29 is 4.79 Å². The Morgan fingerprint density at radius 3 is 3.00 bits per heavy atom. The van der Waals surface area contributed by atoms with E-state index in [1.807, 2.05) is 11.4 Å². The summed E-state index contributed by atoms with van der Waals surface area (Å²) in [6.07, 6.45) is 2.66. The number of nitrogens with one attached hydrogen (secondary N) is 2. The molecule has 6 heteroatoms. The molecule has 2 aromatic rings. The minimum atomic E-state index is -0.0951. The number of nitrogens with zero attached hydrogens (tertiary/aromatic N) is 1. The highest BCUT2D eigenvalue weighted by Crippen LogP contribution is 2.18. The minimum absolute atomic E-state index is 0.0951. The summed E-state index contributed by atoms with van der Waals surface area (Å²) in [6, 6.07) is 7.21. The van der Waals surface area contributed by atoms with Crippen LogP contribution in [-0.2, 0) is 4.79 Å². The fraction of sp³-hybridized carbons (Fsp3) is 0.286. The number of halogens is 1. The molecule has 0 aliphatic rings. The van der Waals surface area contributed by atoms with Crippen molar-refractivity contribution in [3.63, 3.8) is 0 Å². The first-order valence-electron chi connectivity index (χ1n) is 6.37. The standard InChI is InChI=1S/C14H16ClN3OS/c1-2-12(14-16-6-7-20-14)17-9-13(19)18-11-5-3-4-10(15)8-11/h3-8,12,17H,2,9H2,1H3,(H,18,19). The maximum absolute atomic E-state index is 11.9. The summed E-state index contributed by atoms with van der Waals surface area (Å²) in [5.74, 6) is -0.0951. The van der Waals surface area contributed by atoms with E-state index >= 15 is 0 Å². The van der Waals surface area contributed by atoms with E-state index in [2.05, 4.69) is 22.5 Å². The van der Waals surface area contributed by atoms with Gasteiger partial charge in [0.25, 0.3) is 0 Å². The molecule has 0 aliphatic carbocycles. The average Bonchev–Trinajstić information content (AvgIpc) is 2.93. The van der Waals surface area contributed by atoms with Gasteiger partial charge in [0.2, 0.25) is 5.91 Å². The number of amides is 1. The van der Waals surface area contributed by atoms with E-state index in [4.69, 9.17) is 11.6 Å². The molecule has 1 amide bonds. The first-order valence-corrected chi connectivity index (χ1v) is 7.63. The molecule has 4 nitrogen and oxygen atoms in total. The topological polar surface area (TPSA) is 54.0 Å². The molecular weight excluding hydrogens is 294 g/mol. The second kappa shape index (κ2) is 7.38. The molecule has 2 N–H and O–H groups in total. The molecule has 106 valence electrons. The molecule has 1 heterocycles. The molecule has 0 saturated heterocycles. The number of carbonyl (C=O) groups is 1. The molecule has 1 aromatic carbocycles. The lowest BCUT2D eigenvalue weighted by molar-refractivity contribution is -0.115. The Bertz CT molecular complexity index is 559. The second-order valence-corrected chi connectivity index (χ2v) is 5.63. The van der Waals surface area contributed by atoms with Gasteiger partial charge in [0.05, 0.1) is 12.6 Å². The Morgan fingerprint density at radius 1 is 1.50 bits per heavy atom. The molecule has 0 aliphatic heterocycles. The number of aromatic nitrogens is 1. The summed E-state index contributed by atoms with van der Waals surface area (Å²) in [7, 11) is 0. The van der Waals surface area contributed by atoms with Gasteiger partial charge in [0.1, 0.15) is 5.01 Å². The molecule has 1 unspecified atom stereocenters. The molecule has 0 saturated carbocycles. The predicted octanol–water partition coefficient (Wildman–Crippen LogP) is 3.48. The molecule has 0 fully saturated rings. The summed E-state index contributed by atoms with van der Waals surface area (Å²) in [5.41, 5.74) is 0.701. The Hall–Kier alpha value is -1.43. The average molecular weight is 310 g/mol. The third kappa shape index (κ3) is 4.30. The lowest BCUT2D eigenvalue weighted by Crippen LogP contribution is -2.31. The highest BCUT2D eigenvalue weighted by Gasteiger charge is 2.13. The van der Waals surface area contributed by atoms with Crippen LogP contribution in [0.3, 0.4) is 0 Å². The van der Waals surface area contributed by atoms with Crippen LogP contribution in [0.25, 0.3) is 0 Å². The molecule has 0 radical (unpaired) electrons. The van der Waals surface area contributed by atoms with Crippen LogP contribution in [0.2, 0.25) is 5.02 Å². The van der Waals surface area contributed by atoms with E-state index in [9.17, 15) is 4.79 Å². The quantitative estimate of drug-likeness (QED) is 0.859. The van der Waals surface area contributed by atoms with Crippen molar-refractivity contribution in [2.24, 2.45) is 0 Å². The highest BCUT2D eigenvalue weighted by atomic mass is 35.5. The van der Waals surface area contributed by atoms with Crippen LogP contribution in [-0.4, -0.2) is 17.4 Å². The van der Waals surface area contributed by atoms with Gasteiger partial charge >= 0.3 is 0 Å². The van der Waals surface area contributed by atoms with Crippen molar-refractivity contribution in [3.8, 4) is 0 Å². The summed E-state index contributed by atoms with van der Waals surface area (Å²) in [6.45, 7) is 2.30. The number of carbonyl (C=O) groups excluding carboxylic acids is 1. The van der Waals surface area contributed by atoms with Gasteiger partial charge in [-0.05, 0) is 24.6 Å². The normalized spacial score (nSPS) is 12.1. The largest absolute Gasteiger partial charge is 0.325 e. The Labute approximate surface area is 127 Å². The minimum Gasteiger partial charge on any atom is -0.325 e. The van der Waals surface area contributed by atoms with Crippen LogP contribution in [0.4, 0.5) is 5.69 Å². The van der Waals surface area contributed by atoms with E-state index in [0.29, 0.717) is 10.7 Å². The Morgan fingerprint density at radius 2 is 2.35 bits per heavy atom. The lowest BCUT2D eigenvalue weighted by Gasteiger charge is -2.14. The molecule has 20 heavy (non-hydrogen) atoms. The van der Waals surface area contributed by atoms with Crippen LogP contribution in [0.5, 0.6) is 0 Å². The van der Waals surface area contributed by atoms with Crippen LogP contribution in [0.15, 0.2) is 35.8 Å². The summed E-state index contributed by atoms with van der Waals surface area (Å²) in [4.78, 5) is 16.1. The summed E-state index contributed by atoms with van der Waals surface area (Å²) < 4.78 is 0. The third-order valence-electron chi connectivity index (χ3n) is 2.78. The van der Waals surface area contributed by atoms with Gasteiger partial charge in [-0.25, -0.2) is 4.98 Å². The van der Waals surface area contributed by atoms with E-state index < -0.39 is 0 Å². The van der Waals surface area contributed by atoms with Gasteiger partial charge in [-0.3, -0.25) is 10.1 Å². The highest BCUT2D eigenvalue weighted by molar-refractivity contribution is 7.09. The summed E-state index contributed by atoms with van der Waals surface area (Å²) in [5, 5.41) is 9.55. The molecular formula is C14H16ClN3OS. The van der Waals surface area contributed by atoms with Gasteiger partial charge < -0.3 is 5.32 Å². The van der Waals surface area contributed by atoms with Gasteiger partial charge in [0, 0.05) is 22.3 Å². The number of hydrogen-bond acceptors (Lipinski definition) is 4. The van der Waals surface area contributed by atoms with Crippen LogP contribution in [0.1, 0.15) is 24.4 Å². The molecule has 1 aromatic heterocycles. The summed E-state index contributed by atoms with van der Waals surface area (Å²) >= 11 is 7.46. The van der Waals surface area contributed by atoms with Crippen molar-refractivity contribution in [1.29, 1.82) is 0 Å². The number of hydrogen-bond donors (Lipinski definition) is 2. The van der Waals surface area contributed by atoms with Gasteiger partial charge in [-0.2, -0.15) is 0 Å². The zero-order chi connectivity index (χ0) is 14.4. The molecule has 1 atom stereocenters. The van der Waals surface area contributed by atoms with Crippen molar-refractivity contribution in [1.82, 2.24) is 10.3 Å². The molecule has 0 bridgehead atoms. The van der Waals surface area contributed by atoms with E-state index in [1.165, 1.54) is 0 Å². The van der Waals surface area contributed by atoms with E-state index in [1.54, 1.807) is 35.7 Å². The number of benzene rings is 1. The second-order valence-electron chi connectivity index (χ2n) is 4.27. The fourth-order valence-electron chi connectivity index (χ4n) is 1.80. The molecule has 2 rings (SSSR count). The zero-order valence-electron chi connectivity index (χ0n) is 11.1. The number of anilines is 1. The maximum Gasteiger partial charge on any atom is 0.238 e. The number of thiazole rings is 1. The fourth-order valence-corrected chi connectivity index (χ4v) is 2.79. The Balaban J connectivity index is 1.85. The zero-order valence-corrected chi connectivity index (χ0v) is 12.7. The monoisotopic (exact) mass is 309 g/mol. The van der Waals surface area contributed by atoms with Crippen LogP contribution in [0, 0.1) is 0 Å². The smallest absolute Gasteiger partial charge is 0.238 e. The van der Waals surface area contributed by atoms with Crippen LogP contribution < -0.4 is 10.6 Å². The van der Waals surface area contributed by atoms with Crippen molar-refractivity contribution in [2.75, 3.05) is 11.9 Å². The van der Waals surface area contributed by atoms with Crippen molar-refractivity contribution in [2.45, 2.75) is 19.4 Å². The van der Waals surface area contributed by atoms with E-state index in [0.717, 1.165) is 11.4 Å². The predicted molar refractivity (Wildman–Crippen MR) is 83.2 cm³/mol. The first-order chi connectivity index (χ1) is 9.69. The van der Waals surface area contributed by atoms with Gasteiger partial charge in [-0.15, -0.1) is 11.3 Å². The number of rotatable bonds is 6. The maximum atomic E-state index is 11.9. The van der Waals surface area contributed by atoms with E-state index in [-0.39, 0.29) is 18.5 Å². The van der Waals surface area contributed by atoms with Gasteiger partial charge in [0.15, 0.2) is 0 Å². The lowest BCUT2D eigenvalue weighted by atomic mass is 10.2. The van der Waals surface area contributed by atoms with Crippen molar-refractivity contribution in [3.05, 3.63) is 45.9 Å². The first kappa shape index (κ1) is 15.0. The van der Waals surface area contributed by atoms with Gasteiger partial charge in [-0.1, -0.05) is 24.6 Å². The SMILES string of the molecule is CCC(NCC(=O)Nc1cccc(Cl)c1)c1nccs1. The van der Waals surface area contributed by atoms with Crippen molar-refractivity contribution >= 4 is 34.5 Å². The van der Waals surface area contributed by atoms with Crippen LogP contribution >= 0.6 is 22.9 Å². The third-order valence-corrected chi connectivity index (χ3v) is 3.90. The Kier molecular flexibility index (Phi) is 5.52. The molecule has 0 spiro atoms.